The highest BCUT2D eigenvalue weighted by atomic mass is 16.3. The summed E-state index contributed by atoms with van der Waals surface area (Å²) >= 11 is 0. The minimum absolute atomic E-state index is 0.104. The lowest BCUT2D eigenvalue weighted by atomic mass is 9.73. The van der Waals surface area contributed by atoms with Gasteiger partial charge in [-0.2, -0.15) is 0 Å². The summed E-state index contributed by atoms with van der Waals surface area (Å²) in [5.41, 5.74) is 11.0. The van der Waals surface area contributed by atoms with Gasteiger partial charge in [-0.3, -0.25) is 0 Å². The molecule has 0 aliphatic heterocycles. The van der Waals surface area contributed by atoms with E-state index < -0.39 is 0 Å². The Morgan fingerprint density at radius 1 is 0.690 bits per heavy atom. The van der Waals surface area contributed by atoms with Crippen LogP contribution < -0.4 is 11.1 Å². The molecule has 0 atom stereocenters. The Bertz CT molecular complexity index is 1040. The first-order valence-corrected chi connectivity index (χ1v) is 9.78. The smallest absolute Gasteiger partial charge is 0.138 e. The number of hydrogen-bond donors (Lipinski definition) is 4. The molecule has 0 amide bonds. The van der Waals surface area contributed by atoms with Gasteiger partial charge in [-0.1, -0.05) is 64.1 Å². The van der Waals surface area contributed by atoms with Crippen LogP contribution in [0.4, 0.5) is 11.4 Å². The van der Waals surface area contributed by atoms with E-state index in [2.05, 4.69) is 57.3 Å². The molecule has 5 N–H and O–H groups in total. The highest BCUT2D eigenvalue weighted by molar-refractivity contribution is 5.59. The normalized spacial score (nSPS) is 12.0. The van der Waals surface area contributed by atoms with Gasteiger partial charge in [-0.05, 0) is 46.5 Å². The number of nitrogens with two attached hydrogens (primary N) is 1. The van der Waals surface area contributed by atoms with E-state index in [1.807, 2.05) is 24.3 Å². The molecule has 0 bridgehead atoms. The summed E-state index contributed by atoms with van der Waals surface area (Å²) in [4.78, 5) is 0. The van der Waals surface area contributed by atoms with Crippen molar-refractivity contribution >= 4 is 11.4 Å². The van der Waals surface area contributed by atoms with E-state index in [1.54, 1.807) is 19.2 Å². The van der Waals surface area contributed by atoms with Crippen LogP contribution in [0.2, 0.25) is 0 Å². The maximum Gasteiger partial charge on any atom is 0.138 e. The molecule has 3 rings (SSSR count). The van der Waals surface area contributed by atoms with Crippen LogP contribution in [0.25, 0.3) is 0 Å². The van der Waals surface area contributed by atoms with Gasteiger partial charge in [0.1, 0.15) is 11.5 Å². The largest absolute Gasteiger partial charge is 0.506 e. The van der Waals surface area contributed by atoms with Gasteiger partial charge in [-0.25, -0.2) is 0 Å². The zero-order valence-corrected chi connectivity index (χ0v) is 17.7. The molecule has 0 fully saturated rings. The van der Waals surface area contributed by atoms with Crippen LogP contribution in [0.3, 0.4) is 0 Å². The summed E-state index contributed by atoms with van der Waals surface area (Å²) in [6.45, 7) is 8.68. The van der Waals surface area contributed by atoms with Crippen LogP contribution in [0.15, 0.2) is 60.7 Å². The molecule has 0 aliphatic carbocycles. The summed E-state index contributed by atoms with van der Waals surface area (Å²) in [6, 6.07) is 19.7. The minimum atomic E-state index is -0.279. The monoisotopic (exact) mass is 390 g/mol. The van der Waals surface area contributed by atoms with E-state index in [-0.39, 0.29) is 22.3 Å². The van der Waals surface area contributed by atoms with Gasteiger partial charge >= 0.3 is 0 Å². The summed E-state index contributed by atoms with van der Waals surface area (Å²) < 4.78 is 0. The van der Waals surface area contributed by atoms with Gasteiger partial charge in [0.25, 0.3) is 0 Å². The summed E-state index contributed by atoms with van der Waals surface area (Å²) in [7, 11) is 1.80. The number of nitrogen functional groups attached to an aromatic ring is 1. The summed E-state index contributed by atoms with van der Waals surface area (Å²) in [5.74, 6) is 0.346. The van der Waals surface area contributed by atoms with Crippen molar-refractivity contribution in [3.8, 4) is 11.5 Å². The number of anilines is 2. The second-order valence-electron chi connectivity index (χ2n) is 8.59. The Labute approximate surface area is 173 Å². The van der Waals surface area contributed by atoms with E-state index >= 15 is 0 Å². The molecule has 152 valence electrons. The highest BCUT2D eigenvalue weighted by Gasteiger charge is 2.28. The lowest BCUT2D eigenvalue weighted by molar-refractivity contribution is 0.476. The van der Waals surface area contributed by atoms with Gasteiger partial charge in [0.2, 0.25) is 0 Å². The molecule has 0 saturated heterocycles. The molecule has 0 heterocycles. The van der Waals surface area contributed by atoms with Crippen molar-refractivity contribution in [1.29, 1.82) is 0 Å². The molecule has 0 spiro atoms. The van der Waals surface area contributed by atoms with Crippen LogP contribution in [-0.2, 0) is 10.8 Å². The SMILES string of the molecule is CNc1cc(C(C)(C)c2cccc(C(C)(C)c3ccc(O)c(N)c3)c2)ccc1O. The average molecular weight is 391 g/mol. The molecular formula is C25H30N2O2. The van der Waals surface area contributed by atoms with Crippen LogP contribution in [0.1, 0.15) is 49.9 Å². The summed E-state index contributed by atoms with van der Waals surface area (Å²) in [5, 5.41) is 22.8. The Morgan fingerprint density at radius 2 is 1.17 bits per heavy atom. The fourth-order valence-corrected chi connectivity index (χ4v) is 3.70. The molecular weight excluding hydrogens is 360 g/mol. The van der Waals surface area contributed by atoms with E-state index in [0.717, 1.165) is 11.1 Å². The van der Waals surface area contributed by atoms with Crippen molar-refractivity contribution in [2.75, 3.05) is 18.1 Å². The molecule has 3 aromatic carbocycles. The van der Waals surface area contributed by atoms with E-state index in [1.165, 1.54) is 11.1 Å². The van der Waals surface area contributed by atoms with Crippen molar-refractivity contribution in [3.05, 3.63) is 82.9 Å². The van der Waals surface area contributed by atoms with Gasteiger partial charge in [0.05, 0.1) is 11.4 Å². The molecule has 0 radical (unpaired) electrons. The quantitative estimate of drug-likeness (QED) is 0.349. The van der Waals surface area contributed by atoms with Crippen LogP contribution in [-0.4, -0.2) is 17.3 Å². The predicted molar refractivity (Wildman–Crippen MR) is 121 cm³/mol. The van der Waals surface area contributed by atoms with Crippen molar-refractivity contribution < 1.29 is 10.2 Å². The zero-order chi connectivity index (χ0) is 21.4. The Balaban J connectivity index is 2.05. The second-order valence-corrected chi connectivity index (χ2v) is 8.59. The van der Waals surface area contributed by atoms with Crippen LogP contribution in [0, 0.1) is 0 Å². The first kappa shape index (κ1) is 20.6. The maximum absolute atomic E-state index is 10.00. The molecule has 3 aromatic rings. The van der Waals surface area contributed by atoms with Crippen LogP contribution in [0.5, 0.6) is 11.5 Å². The number of hydrogen-bond acceptors (Lipinski definition) is 4. The van der Waals surface area contributed by atoms with Crippen molar-refractivity contribution in [3.63, 3.8) is 0 Å². The molecule has 29 heavy (non-hydrogen) atoms. The number of aromatic hydroxyl groups is 2. The number of phenols is 2. The fraction of sp³-hybridized carbons (Fsp3) is 0.280. The third-order valence-electron chi connectivity index (χ3n) is 6.04. The minimum Gasteiger partial charge on any atom is -0.506 e. The fourth-order valence-electron chi connectivity index (χ4n) is 3.70. The van der Waals surface area contributed by atoms with Crippen molar-refractivity contribution in [2.45, 2.75) is 38.5 Å². The third-order valence-corrected chi connectivity index (χ3v) is 6.04. The first-order valence-electron chi connectivity index (χ1n) is 9.78. The summed E-state index contributed by atoms with van der Waals surface area (Å²) in [6.07, 6.45) is 0. The number of rotatable bonds is 5. The van der Waals surface area contributed by atoms with E-state index in [0.29, 0.717) is 11.4 Å². The highest BCUT2D eigenvalue weighted by Crippen LogP contribution is 2.39. The molecule has 0 saturated carbocycles. The molecule has 4 heteroatoms. The molecule has 4 nitrogen and oxygen atoms in total. The number of nitrogens with one attached hydrogen (secondary N) is 1. The van der Waals surface area contributed by atoms with Crippen molar-refractivity contribution in [1.82, 2.24) is 0 Å². The Hall–Kier alpha value is -3.14. The standard InChI is InChI=1S/C25H30N2O2/c1-24(2,18-9-11-22(28)20(26)14-18)16-7-6-8-17(13-16)25(3,4)19-10-12-23(29)21(15-19)27-5/h6-15,27-29H,26H2,1-5H3. The lowest BCUT2D eigenvalue weighted by Crippen LogP contribution is -2.23. The third kappa shape index (κ3) is 3.75. The Kier molecular flexibility index (Phi) is 5.22. The van der Waals surface area contributed by atoms with Gasteiger partial charge in [0.15, 0.2) is 0 Å². The van der Waals surface area contributed by atoms with Gasteiger partial charge in [0, 0.05) is 17.9 Å². The molecule has 0 aromatic heterocycles. The van der Waals surface area contributed by atoms with Gasteiger partial charge in [-0.15, -0.1) is 0 Å². The topological polar surface area (TPSA) is 78.5 Å². The first-order chi connectivity index (χ1) is 13.6. The number of phenolic OH excluding ortho intramolecular Hbond substituents is 2. The number of benzene rings is 3. The molecule has 0 unspecified atom stereocenters. The second kappa shape index (κ2) is 7.36. The van der Waals surface area contributed by atoms with Crippen LogP contribution >= 0.6 is 0 Å². The van der Waals surface area contributed by atoms with Gasteiger partial charge < -0.3 is 21.3 Å². The van der Waals surface area contributed by atoms with Crippen molar-refractivity contribution in [2.24, 2.45) is 0 Å². The van der Waals surface area contributed by atoms with E-state index in [9.17, 15) is 10.2 Å². The Morgan fingerprint density at radius 3 is 1.69 bits per heavy atom. The molecule has 0 aliphatic rings. The van der Waals surface area contributed by atoms with E-state index in [4.69, 9.17) is 5.73 Å². The maximum atomic E-state index is 10.00. The predicted octanol–water partition coefficient (Wildman–Crippen LogP) is 5.37. The lowest BCUT2D eigenvalue weighted by Gasteiger charge is -2.31. The average Bonchev–Trinajstić information content (AvgIpc) is 2.70. The zero-order valence-electron chi connectivity index (χ0n) is 17.7.